The van der Waals surface area contributed by atoms with Crippen molar-refractivity contribution in [2.24, 2.45) is 7.05 Å². The zero-order valence-corrected chi connectivity index (χ0v) is 20.1. The second-order valence-electron chi connectivity index (χ2n) is 7.37. The minimum atomic E-state index is -0.373. The molecule has 1 aliphatic heterocycles. The first-order chi connectivity index (χ1) is 16.6. The molecule has 1 N–H and O–H groups in total. The van der Waals surface area contributed by atoms with Crippen molar-refractivity contribution in [2.75, 3.05) is 24.8 Å². The number of ether oxygens (including phenoxy) is 3. The maximum Gasteiger partial charge on any atom is 0.236 e. The van der Waals surface area contributed by atoms with Gasteiger partial charge in [0.1, 0.15) is 12.4 Å². The highest BCUT2D eigenvalue weighted by Gasteiger charge is 2.27. The van der Waals surface area contributed by atoms with Gasteiger partial charge in [-0.15, -0.1) is 21.5 Å². The van der Waals surface area contributed by atoms with Gasteiger partial charge in [-0.05, 0) is 36.4 Å². The number of fused-ring (bicyclic) bond motifs is 1. The van der Waals surface area contributed by atoms with Crippen molar-refractivity contribution in [3.05, 3.63) is 59.7 Å². The van der Waals surface area contributed by atoms with Gasteiger partial charge in [0, 0.05) is 18.0 Å². The normalized spacial score (nSPS) is 14.6. The molecule has 34 heavy (non-hydrogen) atoms. The van der Waals surface area contributed by atoms with Crippen LogP contribution >= 0.6 is 23.1 Å². The average Bonchev–Trinajstić information content (AvgIpc) is 3.49. The predicted molar refractivity (Wildman–Crippen MR) is 130 cm³/mol. The van der Waals surface area contributed by atoms with Crippen molar-refractivity contribution in [3.8, 4) is 28.5 Å². The number of aromatic nitrogens is 4. The molecule has 0 spiro atoms. The molecule has 0 aliphatic carbocycles. The fourth-order valence-electron chi connectivity index (χ4n) is 3.39. The molecule has 0 saturated heterocycles. The second kappa shape index (κ2) is 9.74. The lowest BCUT2D eigenvalue weighted by atomic mass is 10.2. The Morgan fingerprint density at radius 3 is 2.79 bits per heavy atom. The largest absolute Gasteiger partial charge is 0.497 e. The number of thioether (sulfide) groups is 1. The molecule has 0 bridgehead atoms. The minimum Gasteiger partial charge on any atom is -0.497 e. The minimum absolute atomic E-state index is 0.170. The Morgan fingerprint density at radius 2 is 2.00 bits per heavy atom. The topological polar surface area (TPSA) is 100 Å². The maximum absolute atomic E-state index is 12.5. The molecule has 5 rings (SSSR count). The van der Waals surface area contributed by atoms with Crippen LogP contribution in [-0.4, -0.2) is 45.1 Å². The standard InChI is InChI=1S/C23H21N5O4S2/c1-28-21(19-11-31-17-5-3-4-6-18(17)32-19)26-27-23(28)34-13-20(29)25-22-24-16(12-33-22)14-7-9-15(30-2)10-8-14/h3-10,12,19H,11,13H2,1-2H3,(H,24,25,29)/t19-/m0/s1. The number of thiazole rings is 1. The van der Waals surface area contributed by atoms with Crippen molar-refractivity contribution in [1.29, 1.82) is 0 Å². The van der Waals surface area contributed by atoms with Gasteiger partial charge < -0.3 is 24.1 Å². The molecule has 1 amide bonds. The fraction of sp³-hybridized carbons (Fsp3) is 0.217. The van der Waals surface area contributed by atoms with Gasteiger partial charge in [-0.2, -0.15) is 0 Å². The van der Waals surface area contributed by atoms with Gasteiger partial charge in [0.15, 0.2) is 33.7 Å². The molecule has 0 saturated carbocycles. The fourth-order valence-corrected chi connectivity index (χ4v) is 4.84. The molecule has 2 aromatic heterocycles. The Hall–Kier alpha value is -3.57. The Kier molecular flexibility index (Phi) is 6.37. The Labute approximate surface area is 204 Å². The van der Waals surface area contributed by atoms with Gasteiger partial charge in [-0.3, -0.25) is 4.79 Å². The van der Waals surface area contributed by atoms with Gasteiger partial charge in [-0.25, -0.2) is 4.98 Å². The maximum atomic E-state index is 12.5. The molecule has 2 aromatic carbocycles. The van der Waals surface area contributed by atoms with E-state index in [0.29, 0.717) is 34.2 Å². The molecule has 3 heterocycles. The molecule has 4 aromatic rings. The summed E-state index contributed by atoms with van der Waals surface area (Å²) in [6.07, 6.45) is -0.373. The Bertz CT molecular complexity index is 1300. The number of anilines is 1. The van der Waals surface area contributed by atoms with Crippen LogP contribution < -0.4 is 19.5 Å². The lowest BCUT2D eigenvalue weighted by Gasteiger charge is -2.25. The molecule has 174 valence electrons. The Balaban J connectivity index is 1.17. The summed E-state index contributed by atoms with van der Waals surface area (Å²) in [4.78, 5) is 17.0. The highest BCUT2D eigenvalue weighted by molar-refractivity contribution is 7.99. The van der Waals surface area contributed by atoms with Crippen LogP contribution in [0.25, 0.3) is 11.3 Å². The first-order valence-electron chi connectivity index (χ1n) is 10.4. The highest BCUT2D eigenvalue weighted by atomic mass is 32.2. The number of rotatable bonds is 7. The molecule has 11 heteroatoms. The van der Waals surface area contributed by atoms with Crippen molar-refractivity contribution in [1.82, 2.24) is 19.7 Å². The smallest absolute Gasteiger partial charge is 0.236 e. The van der Waals surface area contributed by atoms with Crippen molar-refractivity contribution in [3.63, 3.8) is 0 Å². The van der Waals surface area contributed by atoms with Gasteiger partial charge >= 0.3 is 0 Å². The third kappa shape index (κ3) is 4.70. The molecule has 9 nitrogen and oxygen atoms in total. The van der Waals surface area contributed by atoms with Crippen LogP contribution in [0.2, 0.25) is 0 Å². The van der Waals surface area contributed by atoms with Crippen molar-refractivity contribution >= 4 is 34.1 Å². The third-order valence-electron chi connectivity index (χ3n) is 5.13. The lowest BCUT2D eigenvalue weighted by Crippen LogP contribution is -2.24. The first-order valence-corrected chi connectivity index (χ1v) is 12.3. The number of carbonyl (C=O) groups excluding carboxylic acids is 1. The number of hydrogen-bond acceptors (Lipinski definition) is 9. The van der Waals surface area contributed by atoms with E-state index in [2.05, 4.69) is 20.5 Å². The van der Waals surface area contributed by atoms with E-state index >= 15 is 0 Å². The Morgan fingerprint density at radius 1 is 1.21 bits per heavy atom. The summed E-state index contributed by atoms with van der Waals surface area (Å²) in [6, 6.07) is 15.1. The number of methoxy groups -OCH3 is 1. The number of carbonyl (C=O) groups is 1. The summed E-state index contributed by atoms with van der Waals surface area (Å²) in [5.74, 6) is 2.81. The summed E-state index contributed by atoms with van der Waals surface area (Å²) in [5, 5.41) is 14.4. The number of nitrogens with zero attached hydrogens (tertiary/aromatic N) is 4. The molecular formula is C23H21N5O4S2. The third-order valence-corrected chi connectivity index (χ3v) is 6.91. The van der Waals surface area contributed by atoms with Crippen LogP contribution in [-0.2, 0) is 11.8 Å². The number of nitrogens with one attached hydrogen (secondary N) is 1. The van der Waals surface area contributed by atoms with E-state index in [-0.39, 0.29) is 17.8 Å². The van der Waals surface area contributed by atoms with Crippen LogP contribution in [0.1, 0.15) is 11.9 Å². The zero-order chi connectivity index (χ0) is 23.5. The quantitative estimate of drug-likeness (QED) is 0.381. The number of hydrogen-bond donors (Lipinski definition) is 1. The summed E-state index contributed by atoms with van der Waals surface area (Å²) in [6.45, 7) is 0.342. The van der Waals surface area contributed by atoms with Crippen LogP contribution in [0.4, 0.5) is 5.13 Å². The average molecular weight is 496 g/mol. The van der Waals surface area contributed by atoms with Crippen molar-refractivity contribution in [2.45, 2.75) is 11.3 Å². The summed E-state index contributed by atoms with van der Waals surface area (Å²) < 4.78 is 18.8. The zero-order valence-electron chi connectivity index (χ0n) is 18.4. The van der Waals surface area contributed by atoms with Gasteiger partial charge in [0.25, 0.3) is 0 Å². The summed E-state index contributed by atoms with van der Waals surface area (Å²) >= 11 is 2.67. The lowest BCUT2D eigenvalue weighted by molar-refractivity contribution is -0.113. The van der Waals surface area contributed by atoms with E-state index in [1.54, 1.807) is 7.11 Å². The monoisotopic (exact) mass is 495 g/mol. The van der Waals surface area contributed by atoms with Crippen LogP contribution in [0, 0.1) is 0 Å². The van der Waals surface area contributed by atoms with E-state index < -0.39 is 0 Å². The van der Waals surface area contributed by atoms with Crippen LogP contribution in [0.15, 0.2) is 59.1 Å². The van der Waals surface area contributed by atoms with E-state index in [1.807, 2.05) is 65.5 Å². The molecule has 1 aliphatic rings. The number of amides is 1. The molecule has 1 atom stereocenters. The summed E-state index contributed by atoms with van der Waals surface area (Å²) in [7, 11) is 3.48. The van der Waals surface area contributed by atoms with Crippen LogP contribution in [0.5, 0.6) is 17.2 Å². The van der Waals surface area contributed by atoms with E-state index in [0.717, 1.165) is 17.0 Å². The number of benzene rings is 2. The van der Waals surface area contributed by atoms with Gasteiger partial charge in [0.2, 0.25) is 5.91 Å². The van der Waals surface area contributed by atoms with Gasteiger partial charge in [0.05, 0.1) is 18.6 Å². The predicted octanol–water partition coefficient (Wildman–Crippen LogP) is 4.19. The first kappa shape index (κ1) is 22.2. The molecule has 0 radical (unpaired) electrons. The van der Waals surface area contributed by atoms with Crippen molar-refractivity contribution < 1.29 is 19.0 Å². The van der Waals surface area contributed by atoms with E-state index in [1.165, 1.54) is 23.1 Å². The van der Waals surface area contributed by atoms with Crippen LogP contribution in [0.3, 0.4) is 0 Å². The second-order valence-corrected chi connectivity index (χ2v) is 9.17. The SMILES string of the molecule is COc1ccc(-c2csc(NC(=O)CSc3nnc([C@@H]4COc5ccccc5O4)n3C)n2)cc1. The van der Waals surface area contributed by atoms with E-state index in [4.69, 9.17) is 14.2 Å². The van der Waals surface area contributed by atoms with Gasteiger partial charge in [-0.1, -0.05) is 23.9 Å². The molecule has 0 fully saturated rings. The number of para-hydroxylation sites is 2. The molecule has 0 unspecified atom stereocenters. The highest BCUT2D eigenvalue weighted by Crippen LogP contribution is 2.36. The molecular weight excluding hydrogens is 474 g/mol. The van der Waals surface area contributed by atoms with E-state index in [9.17, 15) is 4.79 Å². The summed E-state index contributed by atoms with van der Waals surface area (Å²) in [5.41, 5.74) is 1.75.